The first-order chi connectivity index (χ1) is 16.5. The van der Waals surface area contributed by atoms with Crippen molar-refractivity contribution in [1.82, 2.24) is 0 Å². The molecule has 4 rings (SSSR count). The second-order valence-corrected chi connectivity index (χ2v) is 7.20. The number of benzene rings is 4. The second-order valence-electron chi connectivity index (χ2n) is 7.20. The molecular weight excluding hydrogens is 432 g/mol. The summed E-state index contributed by atoms with van der Waals surface area (Å²) in [5.41, 5.74) is 4.46. The first kappa shape index (κ1) is 22.2. The first-order valence-corrected chi connectivity index (χ1v) is 10.2. The maximum Gasteiger partial charge on any atom is 0.335 e. The number of aromatic carboxylic acids is 2. The van der Waals surface area contributed by atoms with E-state index < -0.39 is 11.9 Å². The van der Waals surface area contributed by atoms with Crippen molar-refractivity contribution < 1.29 is 19.8 Å². The standard InChI is InChI=1S/C26H18N4O4/c31-25(32)19-3-1-5-23(15-19)29-27-21-11-7-17(8-12-21)18-9-13-22(14-10-18)28-30-24-6-2-4-20(16-24)26(33)34/h1-16H,(H,31,32)(H,33,34)/b29-27+,30-28+. The van der Waals surface area contributed by atoms with Crippen LogP contribution in [-0.2, 0) is 0 Å². The van der Waals surface area contributed by atoms with Crippen molar-refractivity contribution in [1.29, 1.82) is 0 Å². The predicted molar refractivity (Wildman–Crippen MR) is 127 cm³/mol. The highest BCUT2D eigenvalue weighted by atomic mass is 16.4. The molecule has 0 amide bonds. The molecule has 0 saturated heterocycles. The van der Waals surface area contributed by atoms with Crippen LogP contribution in [0.15, 0.2) is 118 Å². The van der Waals surface area contributed by atoms with Gasteiger partial charge in [-0.2, -0.15) is 20.5 Å². The molecule has 0 atom stereocenters. The molecule has 0 aliphatic carbocycles. The molecule has 0 aromatic heterocycles. The zero-order chi connectivity index (χ0) is 23.9. The highest BCUT2D eigenvalue weighted by molar-refractivity contribution is 5.89. The van der Waals surface area contributed by atoms with Crippen LogP contribution in [0.5, 0.6) is 0 Å². The smallest absolute Gasteiger partial charge is 0.335 e. The average molecular weight is 450 g/mol. The summed E-state index contributed by atoms with van der Waals surface area (Å²) in [6.07, 6.45) is 0. The number of hydrogen-bond donors (Lipinski definition) is 2. The Kier molecular flexibility index (Phi) is 6.60. The van der Waals surface area contributed by atoms with Crippen LogP contribution < -0.4 is 0 Å². The molecule has 8 nitrogen and oxygen atoms in total. The zero-order valence-electron chi connectivity index (χ0n) is 17.7. The van der Waals surface area contributed by atoms with E-state index in [2.05, 4.69) is 20.5 Å². The van der Waals surface area contributed by atoms with Gasteiger partial charge in [0.05, 0.1) is 33.9 Å². The predicted octanol–water partition coefficient (Wildman–Crippen LogP) is 7.58. The number of azo groups is 2. The molecule has 2 N–H and O–H groups in total. The molecule has 0 aliphatic heterocycles. The van der Waals surface area contributed by atoms with Crippen LogP contribution in [0.2, 0.25) is 0 Å². The molecule has 0 saturated carbocycles. The van der Waals surface area contributed by atoms with Gasteiger partial charge >= 0.3 is 11.9 Å². The molecule has 0 radical (unpaired) electrons. The lowest BCUT2D eigenvalue weighted by molar-refractivity contribution is 0.0686. The van der Waals surface area contributed by atoms with Crippen molar-refractivity contribution in [3.05, 3.63) is 108 Å². The van der Waals surface area contributed by atoms with Crippen molar-refractivity contribution >= 4 is 34.7 Å². The van der Waals surface area contributed by atoms with Crippen LogP contribution in [0.3, 0.4) is 0 Å². The van der Waals surface area contributed by atoms with Crippen LogP contribution in [0.4, 0.5) is 22.7 Å². The van der Waals surface area contributed by atoms with E-state index in [9.17, 15) is 9.59 Å². The van der Waals surface area contributed by atoms with Crippen LogP contribution >= 0.6 is 0 Å². The minimum atomic E-state index is -1.01. The van der Waals surface area contributed by atoms with Gasteiger partial charge in [-0.15, -0.1) is 0 Å². The van der Waals surface area contributed by atoms with Crippen molar-refractivity contribution in [2.24, 2.45) is 20.5 Å². The van der Waals surface area contributed by atoms with Crippen molar-refractivity contribution in [2.75, 3.05) is 0 Å². The largest absolute Gasteiger partial charge is 0.478 e. The summed E-state index contributed by atoms with van der Waals surface area (Å²) in [5.74, 6) is -2.03. The summed E-state index contributed by atoms with van der Waals surface area (Å²) in [6, 6.07) is 27.5. The summed E-state index contributed by atoms with van der Waals surface area (Å²) in [7, 11) is 0. The third-order valence-electron chi connectivity index (χ3n) is 4.82. The summed E-state index contributed by atoms with van der Waals surface area (Å²) in [5, 5.41) is 34.6. The van der Waals surface area contributed by atoms with Crippen LogP contribution in [-0.4, -0.2) is 22.2 Å². The Morgan fingerprint density at radius 1 is 0.471 bits per heavy atom. The fourth-order valence-corrected chi connectivity index (χ4v) is 3.07. The zero-order valence-corrected chi connectivity index (χ0v) is 17.7. The molecule has 0 bridgehead atoms. The SMILES string of the molecule is O=C(O)c1cccc(/N=N/c2ccc(-c3ccc(/N=N/c4cccc(C(=O)O)c4)cc3)cc2)c1. The molecule has 8 heteroatoms. The Morgan fingerprint density at radius 2 is 0.824 bits per heavy atom. The van der Waals surface area contributed by atoms with Gasteiger partial charge in [0.15, 0.2) is 0 Å². The number of rotatable bonds is 7. The molecule has 4 aromatic carbocycles. The number of carboxylic acids is 2. The minimum absolute atomic E-state index is 0.156. The van der Waals surface area contributed by atoms with E-state index in [1.807, 2.05) is 48.5 Å². The third kappa shape index (κ3) is 5.63. The van der Waals surface area contributed by atoms with Gasteiger partial charge in [-0.05, 0) is 71.8 Å². The van der Waals surface area contributed by atoms with Crippen LogP contribution in [0.25, 0.3) is 11.1 Å². The Balaban J connectivity index is 1.43. The normalized spacial score (nSPS) is 11.2. The fraction of sp³-hybridized carbons (Fsp3) is 0. The number of nitrogens with zero attached hydrogens (tertiary/aromatic N) is 4. The lowest BCUT2D eigenvalue weighted by Crippen LogP contribution is -1.94. The summed E-state index contributed by atoms with van der Waals surface area (Å²) in [6.45, 7) is 0. The van der Waals surface area contributed by atoms with Gasteiger partial charge in [0.1, 0.15) is 0 Å². The highest BCUT2D eigenvalue weighted by Gasteiger charge is 2.04. The summed E-state index contributed by atoms with van der Waals surface area (Å²) in [4.78, 5) is 22.1. The highest BCUT2D eigenvalue weighted by Crippen LogP contribution is 2.27. The summed E-state index contributed by atoms with van der Waals surface area (Å²) < 4.78 is 0. The van der Waals surface area contributed by atoms with Crippen molar-refractivity contribution in [2.45, 2.75) is 0 Å². The average Bonchev–Trinajstić information content (AvgIpc) is 2.87. The third-order valence-corrected chi connectivity index (χ3v) is 4.82. The molecule has 166 valence electrons. The Morgan fingerprint density at radius 3 is 1.18 bits per heavy atom. The van der Waals surface area contributed by atoms with Gasteiger partial charge in [0, 0.05) is 0 Å². The molecule has 0 heterocycles. The van der Waals surface area contributed by atoms with Crippen molar-refractivity contribution in [3.63, 3.8) is 0 Å². The quantitative estimate of drug-likeness (QED) is 0.281. The van der Waals surface area contributed by atoms with Gasteiger partial charge in [-0.25, -0.2) is 9.59 Å². The minimum Gasteiger partial charge on any atom is -0.478 e. The van der Waals surface area contributed by atoms with E-state index in [1.54, 1.807) is 24.3 Å². The lowest BCUT2D eigenvalue weighted by atomic mass is 10.1. The van der Waals surface area contributed by atoms with E-state index in [0.29, 0.717) is 22.7 Å². The van der Waals surface area contributed by atoms with Gasteiger partial charge < -0.3 is 10.2 Å². The number of hydrogen-bond acceptors (Lipinski definition) is 6. The fourth-order valence-electron chi connectivity index (χ4n) is 3.07. The maximum absolute atomic E-state index is 11.1. The first-order valence-electron chi connectivity index (χ1n) is 10.2. The summed E-state index contributed by atoms with van der Waals surface area (Å²) >= 11 is 0. The maximum atomic E-state index is 11.1. The molecule has 0 aliphatic rings. The Bertz CT molecular complexity index is 1290. The monoisotopic (exact) mass is 450 g/mol. The van der Waals surface area contributed by atoms with Crippen molar-refractivity contribution in [3.8, 4) is 11.1 Å². The molecule has 0 unspecified atom stereocenters. The van der Waals surface area contributed by atoms with E-state index >= 15 is 0 Å². The van der Waals surface area contributed by atoms with Crippen LogP contribution in [0, 0.1) is 0 Å². The Hall–Kier alpha value is -4.98. The Labute approximate surface area is 194 Å². The number of carbonyl (C=O) groups is 2. The van der Waals surface area contributed by atoms with E-state index in [1.165, 1.54) is 24.3 Å². The van der Waals surface area contributed by atoms with E-state index in [0.717, 1.165) is 11.1 Å². The molecule has 0 fully saturated rings. The van der Waals surface area contributed by atoms with E-state index in [-0.39, 0.29) is 11.1 Å². The van der Waals surface area contributed by atoms with Gasteiger partial charge in [-0.3, -0.25) is 0 Å². The van der Waals surface area contributed by atoms with E-state index in [4.69, 9.17) is 10.2 Å². The van der Waals surface area contributed by atoms with Gasteiger partial charge in [-0.1, -0.05) is 36.4 Å². The number of carboxylic acid groups (broad SMARTS) is 2. The molecule has 34 heavy (non-hydrogen) atoms. The topological polar surface area (TPSA) is 124 Å². The molecule has 4 aromatic rings. The van der Waals surface area contributed by atoms with Crippen LogP contribution in [0.1, 0.15) is 20.7 Å². The lowest BCUT2D eigenvalue weighted by Gasteiger charge is -2.03. The molecule has 0 spiro atoms. The van der Waals surface area contributed by atoms with Gasteiger partial charge in [0.2, 0.25) is 0 Å². The second kappa shape index (κ2) is 10.1. The molecular formula is C26H18N4O4. The van der Waals surface area contributed by atoms with Gasteiger partial charge in [0.25, 0.3) is 0 Å².